The van der Waals surface area contributed by atoms with E-state index in [0.29, 0.717) is 0 Å². The Kier molecular flexibility index (Phi) is 6.41. The Morgan fingerprint density at radius 2 is 1.50 bits per heavy atom. The first-order valence-electron chi connectivity index (χ1n) is 7.69. The van der Waals surface area contributed by atoms with Gasteiger partial charge in [-0.25, -0.2) is 4.21 Å². The molecule has 1 atom stereocenters. The lowest BCUT2D eigenvalue weighted by Gasteiger charge is -2.24. The van der Waals surface area contributed by atoms with Crippen molar-refractivity contribution in [3.05, 3.63) is 77.3 Å². The van der Waals surface area contributed by atoms with Crippen LogP contribution in [0.5, 0.6) is 0 Å². The first kappa shape index (κ1) is 16.5. The van der Waals surface area contributed by atoms with Crippen LogP contribution in [-0.4, -0.2) is 22.2 Å². The number of likely N-dealkylation sites (N-methyl/N-ethyl adjacent to an activating group) is 1. The molecule has 2 aromatic carbocycles. The summed E-state index contributed by atoms with van der Waals surface area (Å²) in [5.74, 6) is 0. The van der Waals surface area contributed by atoms with Gasteiger partial charge >= 0.3 is 0 Å². The molecule has 0 saturated carbocycles. The molecule has 0 amide bonds. The van der Waals surface area contributed by atoms with E-state index in [4.69, 9.17) is 0 Å². The van der Waals surface area contributed by atoms with Gasteiger partial charge in [0.25, 0.3) is 0 Å². The van der Waals surface area contributed by atoms with Crippen molar-refractivity contribution < 1.29 is 4.21 Å². The van der Waals surface area contributed by atoms with E-state index in [1.807, 2.05) is 53.9 Å². The third-order valence-corrected chi connectivity index (χ3v) is 4.84. The third-order valence-electron chi connectivity index (χ3n) is 3.62. The van der Waals surface area contributed by atoms with Crippen molar-refractivity contribution in [2.24, 2.45) is 0 Å². The summed E-state index contributed by atoms with van der Waals surface area (Å²) in [6, 6.07) is 20.0. The maximum absolute atomic E-state index is 12.6. The summed E-state index contributed by atoms with van der Waals surface area (Å²) in [6.45, 7) is 6.10. The molecule has 1 unspecified atom stereocenters. The van der Waals surface area contributed by atoms with Gasteiger partial charge in [-0.2, -0.15) is 0 Å². The van der Waals surface area contributed by atoms with Crippen LogP contribution in [-0.2, 0) is 17.2 Å². The summed E-state index contributed by atoms with van der Waals surface area (Å²) in [5.41, 5.74) is 2.36. The molecule has 0 bridgehead atoms. The topological polar surface area (TPSA) is 20.3 Å². The molecule has 0 aliphatic heterocycles. The molecule has 0 saturated heterocycles. The molecule has 2 nitrogen and oxygen atoms in total. The van der Waals surface area contributed by atoms with Crippen LogP contribution in [0.2, 0.25) is 0 Å². The van der Waals surface area contributed by atoms with E-state index in [1.165, 1.54) is 5.56 Å². The van der Waals surface area contributed by atoms with Gasteiger partial charge in [0.1, 0.15) is 0 Å². The number of hydrogen-bond donors (Lipinski definition) is 0. The Bertz CT molecular complexity index is 618. The number of allylic oxidation sites excluding steroid dienone is 1. The van der Waals surface area contributed by atoms with Gasteiger partial charge in [0.05, 0.1) is 10.8 Å². The van der Waals surface area contributed by atoms with Crippen LogP contribution < -0.4 is 0 Å². The molecule has 0 radical (unpaired) electrons. The first-order valence-corrected chi connectivity index (χ1v) is 8.91. The molecule has 0 N–H and O–H groups in total. The molecule has 22 heavy (non-hydrogen) atoms. The maximum Gasteiger partial charge on any atom is 0.0793 e. The zero-order valence-corrected chi connectivity index (χ0v) is 14.1. The largest absolute Gasteiger partial charge is 0.375 e. The third kappa shape index (κ3) is 4.57. The van der Waals surface area contributed by atoms with Crippen molar-refractivity contribution in [1.82, 2.24) is 4.90 Å². The Labute approximate surface area is 135 Å². The van der Waals surface area contributed by atoms with Crippen LogP contribution in [0.25, 0.3) is 0 Å². The zero-order valence-electron chi connectivity index (χ0n) is 13.2. The van der Waals surface area contributed by atoms with E-state index in [2.05, 4.69) is 30.9 Å². The molecule has 0 aromatic heterocycles. The molecule has 3 heteroatoms. The Morgan fingerprint density at radius 1 is 0.955 bits per heavy atom. The molecule has 116 valence electrons. The van der Waals surface area contributed by atoms with Crippen LogP contribution in [0, 0.1) is 0 Å². The predicted octanol–water partition coefficient (Wildman–Crippen LogP) is 4.22. The van der Waals surface area contributed by atoms with Gasteiger partial charge in [0.2, 0.25) is 0 Å². The number of benzene rings is 2. The van der Waals surface area contributed by atoms with Crippen molar-refractivity contribution in [3.63, 3.8) is 0 Å². The molecule has 2 rings (SSSR count). The number of rotatable bonds is 7. The lowest BCUT2D eigenvalue weighted by atomic mass is 10.1. The number of hydrogen-bond acceptors (Lipinski definition) is 2. The minimum atomic E-state index is -1.11. The van der Waals surface area contributed by atoms with Crippen LogP contribution in [0.3, 0.4) is 0 Å². The van der Waals surface area contributed by atoms with Crippen molar-refractivity contribution in [3.8, 4) is 0 Å². The Hall–Kier alpha value is -1.87. The van der Waals surface area contributed by atoms with Crippen molar-refractivity contribution in [1.29, 1.82) is 0 Å². The van der Waals surface area contributed by atoms with Crippen molar-refractivity contribution in [2.45, 2.75) is 25.2 Å². The second kappa shape index (κ2) is 8.54. The average Bonchev–Trinajstić information content (AvgIpc) is 2.57. The molecular weight excluding hydrogens is 290 g/mol. The van der Waals surface area contributed by atoms with Gasteiger partial charge in [-0.15, -0.1) is 0 Å². The molecule has 2 aromatic rings. The fraction of sp³-hybridized carbons (Fsp3) is 0.263. The molecular formula is C19H23NOS. The summed E-state index contributed by atoms with van der Waals surface area (Å²) in [6.07, 6.45) is 0.807. The van der Waals surface area contributed by atoms with E-state index in [-0.39, 0.29) is 0 Å². The highest BCUT2D eigenvalue weighted by atomic mass is 32.2. The summed E-state index contributed by atoms with van der Waals surface area (Å²) in [5, 5.41) is 1.90. The lowest BCUT2D eigenvalue weighted by molar-refractivity contribution is 0.375. The maximum atomic E-state index is 12.6. The molecule has 0 aliphatic carbocycles. The van der Waals surface area contributed by atoms with Crippen LogP contribution in [0.1, 0.15) is 19.4 Å². The molecule has 0 aliphatic rings. The predicted molar refractivity (Wildman–Crippen MR) is 94.0 cm³/mol. The van der Waals surface area contributed by atoms with Gasteiger partial charge in [0, 0.05) is 35.5 Å². The smallest absolute Gasteiger partial charge is 0.0793 e. The normalized spacial score (nSPS) is 12.9. The average molecular weight is 313 g/mol. The minimum Gasteiger partial charge on any atom is -0.375 e. The highest BCUT2D eigenvalue weighted by Crippen LogP contribution is 2.16. The summed E-state index contributed by atoms with van der Waals surface area (Å²) in [4.78, 5) is 3.12. The highest BCUT2D eigenvalue weighted by Gasteiger charge is 2.10. The van der Waals surface area contributed by atoms with Crippen molar-refractivity contribution >= 4 is 10.8 Å². The fourth-order valence-electron chi connectivity index (χ4n) is 2.41. The summed E-state index contributed by atoms with van der Waals surface area (Å²) >= 11 is 0. The second-order valence-electron chi connectivity index (χ2n) is 5.05. The second-order valence-corrected chi connectivity index (χ2v) is 6.36. The van der Waals surface area contributed by atoms with Gasteiger partial charge in [-0.3, -0.25) is 0 Å². The molecule has 0 heterocycles. The lowest BCUT2D eigenvalue weighted by Crippen LogP contribution is -2.24. The van der Waals surface area contributed by atoms with Gasteiger partial charge in [-0.05, 0) is 31.5 Å². The SMILES string of the molecule is CCN(CC)/C(=C/S(=O)c1ccccc1)Cc1ccccc1. The van der Waals surface area contributed by atoms with Crippen LogP contribution in [0.4, 0.5) is 0 Å². The minimum absolute atomic E-state index is 0.807. The van der Waals surface area contributed by atoms with Crippen LogP contribution >= 0.6 is 0 Å². The quantitative estimate of drug-likeness (QED) is 0.763. The Morgan fingerprint density at radius 3 is 2.05 bits per heavy atom. The fourth-order valence-corrected chi connectivity index (χ4v) is 3.45. The summed E-state index contributed by atoms with van der Waals surface area (Å²) in [7, 11) is -1.11. The van der Waals surface area contributed by atoms with Crippen LogP contribution in [0.15, 0.2) is 76.7 Å². The van der Waals surface area contributed by atoms with E-state index < -0.39 is 10.8 Å². The van der Waals surface area contributed by atoms with Crippen molar-refractivity contribution in [2.75, 3.05) is 13.1 Å². The monoisotopic (exact) mass is 313 g/mol. The van der Waals surface area contributed by atoms with E-state index in [9.17, 15) is 4.21 Å². The molecule has 0 fully saturated rings. The van der Waals surface area contributed by atoms with E-state index in [0.717, 1.165) is 30.1 Å². The van der Waals surface area contributed by atoms with Gasteiger partial charge < -0.3 is 4.90 Å². The standard InChI is InChI=1S/C19H23NOS/c1-3-20(4-2)18(15-17-11-7-5-8-12-17)16-22(21)19-13-9-6-10-14-19/h5-14,16H,3-4,15H2,1-2H3/b18-16+. The highest BCUT2D eigenvalue weighted by molar-refractivity contribution is 7.88. The van der Waals surface area contributed by atoms with Gasteiger partial charge in [0.15, 0.2) is 0 Å². The Balaban J connectivity index is 2.27. The number of nitrogens with zero attached hydrogens (tertiary/aromatic N) is 1. The van der Waals surface area contributed by atoms with Gasteiger partial charge in [-0.1, -0.05) is 48.5 Å². The zero-order chi connectivity index (χ0) is 15.8. The summed E-state index contributed by atoms with van der Waals surface area (Å²) < 4.78 is 12.6. The first-order chi connectivity index (χ1) is 10.7. The van der Waals surface area contributed by atoms with E-state index in [1.54, 1.807) is 0 Å². The van der Waals surface area contributed by atoms with E-state index >= 15 is 0 Å². The molecule has 0 spiro atoms.